The molecule has 3 amide bonds. The SMILES string of the molecule is COc1ccc(N2C(=O)N=C3C=CC=CC3C2=O)cc1. The Bertz CT molecular complexity index is 656. The van der Waals surface area contributed by atoms with Crippen LogP contribution in [0.1, 0.15) is 0 Å². The summed E-state index contributed by atoms with van der Waals surface area (Å²) in [5, 5.41) is 0. The van der Waals surface area contributed by atoms with E-state index in [-0.39, 0.29) is 5.91 Å². The molecule has 1 aromatic carbocycles. The highest BCUT2D eigenvalue weighted by molar-refractivity contribution is 6.30. The van der Waals surface area contributed by atoms with Crippen LogP contribution in [0.25, 0.3) is 0 Å². The average molecular weight is 268 g/mol. The molecular formula is C15H12N2O3. The molecule has 1 atom stereocenters. The van der Waals surface area contributed by atoms with E-state index >= 15 is 0 Å². The molecule has 100 valence electrons. The first kappa shape index (κ1) is 12.3. The second-order valence-electron chi connectivity index (χ2n) is 4.41. The molecule has 0 bridgehead atoms. The van der Waals surface area contributed by atoms with Gasteiger partial charge in [-0.2, -0.15) is 4.99 Å². The summed E-state index contributed by atoms with van der Waals surface area (Å²) < 4.78 is 5.06. The minimum Gasteiger partial charge on any atom is -0.497 e. The van der Waals surface area contributed by atoms with E-state index in [4.69, 9.17) is 4.74 Å². The van der Waals surface area contributed by atoms with Crippen molar-refractivity contribution >= 4 is 23.3 Å². The van der Waals surface area contributed by atoms with Crippen molar-refractivity contribution in [1.29, 1.82) is 0 Å². The number of hydrogen-bond donors (Lipinski definition) is 0. The number of urea groups is 1. The van der Waals surface area contributed by atoms with Crippen LogP contribution in [0.2, 0.25) is 0 Å². The number of nitrogens with zero attached hydrogens (tertiary/aromatic N) is 2. The molecule has 1 heterocycles. The molecule has 1 aliphatic carbocycles. The molecule has 5 heteroatoms. The Kier molecular flexibility index (Phi) is 2.95. The Morgan fingerprint density at radius 2 is 1.90 bits per heavy atom. The molecule has 0 radical (unpaired) electrons. The smallest absolute Gasteiger partial charge is 0.355 e. The normalized spacial score (nSPS) is 20.8. The van der Waals surface area contributed by atoms with Gasteiger partial charge in [0.05, 0.1) is 24.4 Å². The minimum atomic E-state index is -0.564. The van der Waals surface area contributed by atoms with Crippen LogP contribution in [-0.4, -0.2) is 24.8 Å². The third-order valence-corrected chi connectivity index (χ3v) is 3.23. The zero-order chi connectivity index (χ0) is 14.1. The third-order valence-electron chi connectivity index (χ3n) is 3.23. The molecule has 20 heavy (non-hydrogen) atoms. The lowest BCUT2D eigenvalue weighted by atomic mass is 9.95. The van der Waals surface area contributed by atoms with E-state index in [0.29, 0.717) is 17.1 Å². The molecule has 0 aromatic heterocycles. The zero-order valence-electron chi connectivity index (χ0n) is 10.8. The van der Waals surface area contributed by atoms with Crippen molar-refractivity contribution < 1.29 is 14.3 Å². The molecule has 1 unspecified atom stereocenters. The summed E-state index contributed by atoms with van der Waals surface area (Å²) in [6, 6.07) is 6.17. The van der Waals surface area contributed by atoms with Gasteiger partial charge in [-0.3, -0.25) is 4.79 Å². The Hall–Kier alpha value is -2.69. The quantitative estimate of drug-likeness (QED) is 0.827. The van der Waals surface area contributed by atoms with Crippen LogP contribution in [0.3, 0.4) is 0 Å². The molecule has 2 aliphatic rings. The highest BCUT2D eigenvalue weighted by atomic mass is 16.5. The fraction of sp³-hybridized carbons (Fsp3) is 0.133. The largest absolute Gasteiger partial charge is 0.497 e. The zero-order valence-corrected chi connectivity index (χ0v) is 10.8. The number of methoxy groups -OCH3 is 1. The summed E-state index contributed by atoms with van der Waals surface area (Å²) >= 11 is 0. The first-order valence-corrected chi connectivity index (χ1v) is 6.16. The fourth-order valence-electron chi connectivity index (χ4n) is 2.21. The van der Waals surface area contributed by atoms with E-state index in [9.17, 15) is 9.59 Å². The van der Waals surface area contributed by atoms with E-state index in [1.165, 1.54) is 0 Å². The molecular weight excluding hydrogens is 256 g/mol. The van der Waals surface area contributed by atoms with Gasteiger partial charge in [-0.15, -0.1) is 0 Å². The summed E-state index contributed by atoms with van der Waals surface area (Å²) in [5.41, 5.74) is 0.985. The van der Waals surface area contributed by atoms with Crippen molar-refractivity contribution in [2.75, 3.05) is 12.0 Å². The van der Waals surface area contributed by atoms with Crippen molar-refractivity contribution in [3.63, 3.8) is 0 Å². The summed E-state index contributed by atoms with van der Waals surface area (Å²) in [7, 11) is 1.56. The summed E-state index contributed by atoms with van der Waals surface area (Å²) in [6.45, 7) is 0. The van der Waals surface area contributed by atoms with E-state index in [0.717, 1.165) is 4.90 Å². The van der Waals surface area contributed by atoms with Gasteiger partial charge in [-0.05, 0) is 30.3 Å². The van der Waals surface area contributed by atoms with Crippen LogP contribution in [0.5, 0.6) is 5.75 Å². The average Bonchev–Trinajstić information content (AvgIpc) is 2.48. The lowest BCUT2D eigenvalue weighted by molar-refractivity contribution is -0.118. The molecule has 0 spiro atoms. The van der Waals surface area contributed by atoms with Crippen LogP contribution in [0.15, 0.2) is 53.6 Å². The number of fused-ring (bicyclic) bond motifs is 1. The number of imide groups is 1. The van der Waals surface area contributed by atoms with Crippen molar-refractivity contribution in [2.24, 2.45) is 10.9 Å². The van der Waals surface area contributed by atoms with Gasteiger partial charge < -0.3 is 4.74 Å². The van der Waals surface area contributed by atoms with Crippen LogP contribution in [0, 0.1) is 5.92 Å². The van der Waals surface area contributed by atoms with Gasteiger partial charge in [-0.25, -0.2) is 9.69 Å². The predicted molar refractivity (Wildman–Crippen MR) is 75.1 cm³/mol. The monoisotopic (exact) mass is 268 g/mol. The molecule has 0 saturated carbocycles. The van der Waals surface area contributed by atoms with Gasteiger partial charge in [0.15, 0.2) is 0 Å². The van der Waals surface area contributed by atoms with Gasteiger partial charge in [0.25, 0.3) is 0 Å². The lowest BCUT2D eigenvalue weighted by Gasteiger charge is -2.28. The van der Waals surface area contributed by atoms with Gasteiger partial charge in [-0.1, -0.05) is 18.2 Å². The van der Waals surface area contributed by atoms with Crippen molar-refractivity contribution in [3.05, 3.63) is 48.6 Å². The van der Waals surface area contributed by atoms with Crippen LogP contribution >= 0.6 is 0 Å². The molecule has 0 saturated heterocycles. The molecule has 5 nitrogen and oxygen atoms in total. The predicted octanol–water partition coefficient (Wildman–Crippen LogP) is 2.35. The van der Waals surface area contributed by atoms with Crippen LogP contribution in [0.4, 0.5) is 10.5 Å². The molecule has 0 fully saturated rings. The van der Waals surface area contributed by atoms with Crippen molar-refractivity contribution in [1.82, 2.24) is 0 Å². The van der Waals surface area contributed by atoms with Gasteiger partial charge in [0.1, 0.15) is 5.75 Å². The molecule has 1 aliphatic heterocycles. The van der Waals surface area contributed by atoms with E-state index in [1.54, 1.807) is 55.7 Å². The van der Waals surface area contributed by atoms with E-state index in [2.05, 4.69) is 4.99 Å². The fourth-order valence-corrected chi connectivity index (χ4v) is 2.21. The number of amides is 3. The maximum absolute atomic E-state index is 12.4. The first-order valence-electron chi connectivity index (χ1n) is 6.16. The Morgan fingerprint density at radius 3 is 2.60 bits per heavy atom. The minimum absolute atomic E-state index is 0.286. The number of aliphatic imine (C=N–C) groups is 1. The number of hydrogen-bond acceptors (Lipinski definition) is 3. The number of rotatable bonds is 2. The third kappa shape index (κ3) is 1.93. The maximum Gasteiger partial charge on any atom is 0.355 e. The van der Waals surface area contributed by atoms with Crippen molar-refractivity contribution in [2.45, 2.75) is 0 Å². The van der Waals surface area contributed by atoms with E-state index < -0.39 is 11.9 Å². The highest BCUT2D eigenvalue weighted by Gasteiger charge is 2.36. The summed E-state index contributed by atoms with van der Waals surface area (Å²) in [4.78, 5) is 29.5. The number of carbonyl (C=O) groups is 2. The van der Waals surface area contributed by atoms with Crippen LogP contribution < -0.4 is 9.64 Å². The number of benzene rings is 1. The second-order valence-corrected chi connectivity index (χ2v) is 4.41. The Labute approximate surface area is 115 Å². The van der Waals surface area contributed by atoms with E-state index in [1.807, 2.05) is 0 Å². The second kappa shape index (κ2) is 4.77. The number of allylic oxidation sites excluding steroid dienone is 3. The summed E-state index contributed by atoms with van der Waals surface area (Å²) in [6.07, 6.45) is 6.97. The van der Waals surface area contributed by atoms with Gasteiger partial charge in [0, 0.05) is 0 Å². The first-order chi connectivity index (χ1) is 9.70. The highest BCUT2D eigenvalue weighted by Crippen LogP contribution is 2.26. The lowest BCUT2D eigenvalue weighted by Crippen LogP contribution is -2.46. The molecule has 0 N–H and O–H groups in total. The standard InChI is InChI=1S/C15H12N2O3/c1-20-11-8-6-10(7-9-11)17-14(18)12-4-2-3-5-13(12)16-15(17)19/h2-9,12H,1H3. The van der Waals surface area contributed by atoms with Crippen LogP contribution in [-0.2, 0) is 4.79 Å². The topological polar surface area (TPSA) is 59.0 Å². The number of ether oxygens (including phenoxy) is 1. The Balaban J connectivity index is 1.99. The molecule has 3 rings (SSSR count). The Morgan fingerprint density at radius 1 is 1.15 bits per heavy atom. The van der Waals surface area contributed by atoms with Gasteiger partial charge in [0.2, 0.25) is 5.91 Å². The number of anilines is 1. The maximum atomic E-state index is 12.4. The van der Waals surface area contributed by atoms with Crippen molar-refractivity contribution in [3.8, 4) is 5.75 Å². The molecule has 1 aromatic rings. The number of carbonyl (C=O) groups excluding carboxylic acids is 2. The van der Waals surface area contributed by atoms with Gasteiger partial charge >= 0.3 is 6.03 Å². The summed E-state index contributed by atoms with van der Waals surface area (Å²) in [5.74, 6) is -0.110.